The fourth-order valence-electron chi connectivity index (χ4n) is 1.37. The van der Waals surface area contributed by atoms with Crippen molar-refractivity contribution in [3.8, 4) is 17.1 Å². The summed E-state index contributed by atoms with van der Waals surface area (Å²) in [6.45, 7) is 1.93. The molecular formula is C11H10N2O2. The normalized spacial score (nSPS) is 10.2. The maximum absolute atomic E-state index is 11.1. The highest BCUT2D eigenvalue weighted by Gasteiger charge is 2.05. The van der Waals surface area contributed by atoms with Gasteiger partial charge in [-0.3, -0.25) is 4.79 Å². The molecule has 0 aliphatic carbocycles. The summed E-state index contributed by atoms with van der Waals surface area (Å²) in [4.78, 5) is 17.7. The zero-order valence-corrected chi connectivity index (χ0v) is 8.19. The van der Waals surface area contributed by atoms with Crippen molar-refractivity contribution in [2.75, 3.05) is 0 Å². The lowest BCUT2D eigenvalue weighted by molar-refractivity contribution is 0.463. The Morgan fingerprint density at radius 3 is 2.73 bits per heavy atom. The molecule has 2 rings (SSSR count). The average molecular weight is 202 g/mol. The summed E-state index contributed by atoms with van der Waals surface area (Å²) in [7, 11) is 0. The van der Waals surface area contributed by atoms with Gasteiger partial charge in [0.25, 0.3) is 0 Å². The fraction of sp³-hybridized carbons (Fsp3) is 0.0909. The van der Waals surface area contributed by atoms with Crippen molar-refractivity contribution in [3.05, 3.63) is 46.4 Å². The minimum absolute atomic E-state index is 0.368. The summed E-state index contributed by atoms with van der Waals surface area (Å²) in [5.41, 5.74) is 1.26. The van der Waals surface area contributed by atoms with E-state index in [1.54, 1.807) is 0 Å². The smallest absolute Gasteiger partial charge is 0.315 e. The first-order chi connectivity index (χ1) is 7.18. The SMILES string of the molecule is Cc1ccccc1-c1nc(=O)c(O)c[nH]1. The maximum Gasteiger partial charge on any atom is 0.315 e. The van der Waals surface area contributed by atoms with Crippen LogP contribution in [0.5, 0.6) is 5.75 Å². The zero-order valence-electron chi connectivity index (χ0n) is 8.19. The third-order valence-corrected chi connectivity index (χ3v) is 2.18. The van der Waals surface area contributed by atoms with Gasteiger partial charge in [-0.15, -0.1) is 0 Å². The first-order valence-corrected chi connectivity index (χ1v) is 4.53. The van der Waals surface area contributed by atoms with Crippen molar-refractivity contribution < 1.29 is 5.11 Å². The number of H-pyrrole nitrogens is 1. The van der Waals surface area contributed by atoms with E-state index in [1.807, 2.05) is 31.2 Å². The minimum atomic E-state index is -0.619. The van der Waals surface area contributed by atoms with Crippen LogP contribution < -0.4 is 5.56 Å². The van der Waals surface area contributed by atoms with Gasteiger partial charge in [-0.2, -0.15) is 4.98 Å². The van der Waals surface area contributed by atoms with E-state index in [0.717, 1.165) is 11.1 Å². The third kappa shape index (κ3) is 1.74. The molecule has 2 aromatic rings. The van der Waals surface area contributed by atoms with E-state index in [4.69, 9.17) is 5.11 Å². The topological polar surface area (TPSA) is 66.0 Å². The first-order valence-electron chi connectivity index (χ1n) is 4.53. The fourth-order valence-corrected chi connectivity index (χ4v) is 1.37. The third-order valence-electron chi connectivity index (χ3n) is 2.18. The molecule has 2 N–H and O–H groups in total. The van der Waals surface area contributed by atoms with Crippen molar-refractivity contribution in [3.63, 3.8) is 0 Å². The standard InChI is InChI=1S/C11H10N2O2/c1-7-4-2-3-5-8(7)10-12-6-9(14)11(15)13-10/h2-6,14H,1H3,(H,12,13,15). The van der Waals surface area contributed by atoms with Gasteiger partial charge in [0.05, 0.1) is 6.20 Å². The summed E-state index contributed by atoms with van der Waals surface area (Å²) < 4.78 is 0. The molecule has 0 fully saturated rings. The lowest BCUT2D eigenvalue weighted by Gasteiger charge is -2.03. The summed E-state index contributed by atoms with van der Waals surface area (Å²) in [5, 5.41) is 9.05. The van der Waals surface area contributed by atoms with Gasteiger partial charge in [-0.05, 0) is 12.5 Å². The molecule has 0 spiro atoms. The van der Waals surface area contributed by atoms with Crippen LogP contribution in [0.2, 0.25) is 0 Å². The van der Waals surface area contributed by atoms with Gasteiger partial charge in [0, 0.05) is 5.56 Å². The summed E-state index contributed by atoms with van der Waals surface area (Å²) in [6.07, 6.45) is 1.25. The van der Waals surface area contributed by atoms with Crippen LogP contribution in [0.3, 0.4) is 0 Å². The first kappa shape index (κ1) is 9.45. The second kappa shape index (κ2) is 3.57. The largest absolute Gasteiger partial charge is 0.502 e. The molecule has 0 aliphatic rings. The zero-order chi connectivity index (χ0) is 10.8. The Morgan fingerprint density at radius 1 is 1.33 bits per heavy atom. The monoisotopic (exact) mass is 202 g/mol. The highest BCUT2D eigenvalue weighted by Crippen LogP contribution is 2.17. The Hall–Kier alpha value is -2.10. The van der Waals surface area contributed by atoms with Crippen LogP contribution in [-0.4, -0.2) is 15.1 Å². The summed E-state index contributed by atoms with van der Waals surface area (Å²) >= 11 is 0. The summed E-state index contributed by atoms with van der Waals surface area (Å²) in [6, 6.07) is 7.58. The Bertz CT molecular complexity index is 546. The lowest BCUT2D eigenvalue weighted by atomic mass is 10.1. The van der Waals surface area contributed by atoms with Crippen LogP contribution in [0.1, 0.15) is 5.56 Å². The number of aromatic hydroxyl groups is 1. The molecule has 15 heavy (non-hydrogen) atoms. The van der Waals surface area contributed by atoms with E-state index in [1.165, 1.54) is 6.20 Å². The molecule has 1 aromatic heterocycles. The van der Waals surface area contributed by atoms with Gasteiger partial charge in [-0.1, -0.05) is 24.3 Å². The number of aryl methyl sites for hydroxylation is 1. The molecule has 0 aliphatic heterocycles. The van der Waals surface area contributed by atoms with Gasteiger partial charge in [0.1, 0.15) is 5.82 Å². The molecule has 0 bridgehead atoms. The summed E-state index contributed by atoms with van der Waals surface area (Å²) in [5.74, 6) is 0.100. The van der Waals surface area contributed by atoms with E-state index in [9.17, 15) is 4.79 Å². The van der Waals surface area contributed by atoms with E-state index in [2.05, 4.69) is 9.97 Å². The van der Waals surface area contributed by atoms with Crippen molar-refractivity contribution in [2.24, 2.45) is 0 Å². The number of hydrogen-bond donors (Lipinski definition) is 2. The van der Waals surface area contributed by atoms with E-state index < -0.39 is 5.56 Å². The second-order valence-electron chi connectivity index (χ2n) is 3.25. The number of rotatable bonds is 1. The number of hydrogen-bond acceptors (Lipinski definition) is 3. The molecule has 4 nitrogen and oxygen atoms in total. The van der Waals surface area contributed by atoms with Crippen molar-refractivity contribution in [1.29, 1.82) is 0 Å². The Morgan fingerprint density at radius 2 is 2.07 bits per heavy atom. The molecule has 0 amide bonds. The van der Waals surface area contributed by atoms with Crippen molar-refractivity contribution in [1.82, 2.24) is 9.97 Å². The average Bonchev–Trinajstić information content (AvgIpc) is 2.23. The van der Waals surface area contributed by atoms with Crippen LogP contribution in [0.25, 0.3) is 11.4 Å². The van der Waals surface area contributed by atoms with E-state index >= 15 is 0 Å². The van der Waals surface area contributed by atoms with Gasteiger partial charge in [0.15, 0.2) is 5.75 Å². The molecule has 0 saturated carbocycles. The predicted molar refractivity (Wildman–Crippen MR) is 56.7 cm³/mol. The molecule has 76 valence electrons. The predicted octanol–water partition coefficient (Wildman–Crippen LogP) is 1.45. The minimum Gasteiger partial charge on any atom is -0.502 e. The molecule has 0 saturated heterocycles. The highest BCUT2D eigenvalue weighted by atomic mass is 16.3. The van der Waals surface area contributed by atoms with Gasteiger partial charge >= 0.3 is 5.56 Å². The van der Waals surface area contributed by atoms with E-state index in [-0.39, 0.29) is 5.75 Å². The number of aromatic amines is 1. The number of nitrogens with zero attached hydrogens (tertiary/aromatic N) is 1. The molecule has 4 heteroatoms. The lowest BCUT2D eigenvalue weighted by Crippen LogP contribution is -2.07. The maximum atomic E-state index is 11.1. The number of benzene rings is 1. The number of nitrogens with one attached hydrogen (secondary N) is 1. The highest BCUT2D eigenvalue weighted by molar-refractivity contribution is 5.59. The second-order valence-corrected chi connectivity index (χ2v) is 3.25. The Labute approximate surface area is 86.2 Å². The molecule has 0 radical (unpaired) electrons. The molecule has 1 heterocycles. The molecule has 0 atom stereocenters. The van der Waals surface area contributed by atoms with Crippen LogP contribution in [-0.2, 0) is 0 Å². The molecule has 1 aromatic carbocycles. The van der Waals surface area contributed by atoms with Crippen molar-refractivity contribution in [2.45, 2.75) is 6.92 Å². The number of aromatic nitrogens is 2. The van der Waals surface area contributed by atoms with Gasteiger partial charge in [-0.25, -0.2) is 0 Å². The Kier molecular flexibility index (Phi) is 2.25. The van der Waals surface area contributed by atoms with Gasteiger partial charge in [0.2, 0.25) is 0 Å². The van der Waals surface area contributed by atoms with Crippen molar-refractivity contribution >= 4 is 0 Å². The quantitative estimate of drug-likeness (QED) is 0.735. The van der Waals surface area contributed by atoms with E-state index in [0.29, 0.717) is 5.82 Å². The van der Waals surface area contributed by atoms with Crippen LogP contribution in [0.4, 0.5) is 0 Å². The van der Waals surface area contributed by atoms with Crippen LogP contribution >= 0.6 is 0 Å². The van der Waals surface area contributed by atoms with Crippen LogP contribution in [0, 0.1) is 6.92 Å². The van der Waals surface area contributed by atoms with Crippen LogP contribution in [0.15, 0.2) is 35.3 Å². The molecule has 0 unspecified atom stereocenters. The van der Waals surface area contributed by atoms with Gasteiger partial charge < -0.3 is 10.1 Å². The Balaban J connectivity index is 2.60. The molecular weight excluding hydrogens is 192 g/mol.